The maximum atomic E-state index is 6.82. The minimum Gasteiger partial charge on any atom is -0.490 e. The third-order valence-corrected chi connectivity index (χ3v) is 19.7. The van der Waals surface area contributed by atoms with Crippen LogP contribution in [0.15, 0.2) is 97.1 Å². The molecule has 2 aliphatic heterocycles. The zero-order valence-corrected chi connectivity index (χ0v) is 65.0. The van der Waals surface area contributed by atoms with E-state index >= 15 is 0 Å². The van der Waals surface area contributed by atoms with Crippen molar-refractivity contribution in [3.05, 3.63) is 120 Å². The maximum absolute atomic E-state index is 6.82. The molecule has 104 heavy (non-hydrogen) atoms. The Morgan fingerprint density at radius 2 is 0.394 bits per heavy atom. The van der Waals surface area contributed by atoms with Crippen LogP contribution in [0, 0.1) is 0 Å². The fraction of sp³-hybridized carbons (Fsp3) is 0.522. The van der Waals surface area contributed by atoms with E-state index in [1.54, 1.807) is 0 Å². The van der Waals surface area contributed by atoms with Gasteiger partial charge in [-0.2, -0.15) is 0 Å². The van der Waals surface area contributed by atoms with Crippen molar-refractivity contribution in [3.8, 4) is 90.5 Å². The highest BCUT2D eigenvalue weighted by Crippen LogP contribution is 2.45. The number of hydrogen-bond acceptors (Lipinski definition) is 10. The van der Waals surface area contributed by atoms with Gasteiger partial charge in [0.05, 0.1) is 75.6 Å². The van der Waals surface area contributed by atoms with Crippen LogP contribution in [0.25, 0.3) is 90.9 Å². The Balaban J connectivity index is 1.35. The van der Waals surface area contributed by atoms with Gasteiger partial charge in [0.15, 0.2) is 46.0 Å². The molecule has 12 heteroatoms. The first-order valence-electron chi connectivity index (χ1n) is 41.1. The first-order chi connectivity index (χ1) is 51.3. The van der Waals surface area contributed by atoms with Crippen LogP contribution in [0.2, 0.25) is 0 Å². The van der Waals surface area contributed by atoms with Gasteiger partial charge < -0.3 is 47.9 Å². The summed E-state index contributed by atoms with van der Waals surface area (Å²) in [5, 5.41) is 0. The number of nitrogens with zero attached hydrogens (tertiary/aromatic N) is 2. The van der Waals surface area contributed by atoms with Gasteiger partial charge in [-0.25, -0.2) is 9.97 Å². The molecule has 0 atom stereocenters. The fourth-order valence-electron chi connectivity index (χ4n) is 13.7. The highest BCUT2D eigenvalue weighted by Gasteiger charge is 2.24. The number of aromatic amines is 2. The highest BCUT2D eigenvalue weighted by atomic mass is 16.5. The number of rotatable bonds is 52. The van der Waals surface area contributed by atoms with Crippen molar-refractivity contribution in [2.24, 2.45) is 0 Å². The lowest BCUT2D eigenvalue weighted by Gasteiger charge is -2.16. The Labute approximate surface area is 624 Å². The highest BCUT2D eigenvalue weighted by molar-refractivity contribution is 6.00. The summed E-state index contributed by atoms with van der Waals surface area (Å²) in [5.74, 6) is 5.92. The molecular formula is C92H126N4O8. The molecule has 5 heterocycles. The number of nitrogens with one attached hydrogen (secondary N) is 2. The molecule has 0 fully saturated rings. The second kappa shape index (κ2) is 45.3. The van der Waals surface area contributed by atoms with E-state index in [0.717, 1.165) is 289 Å². The van der Waals surface area contributed by atoms with Crippen molar-refractivity contribution in [1.82, 2.24) is 19.9 Å². The average molecular weight is 1420 g/mol. The fourth-order valence-corrected chi connectivity index (χ4v) is 13.7. The Bertz CT molecular complexity index is 3440. The lowest BCUT2D eigenvalue weighted by Crippen LogP contribution is -2.03. The molecule has 0 saturated heterocycles. The van der Waals surface area contributed by atoms with Crippen LogP contribution in [0.5, 0.6) is 46.0 Å². The van der Waals surface area contributed by atoms with Crippen LogP contribution in [-0.2, 0) is 0 Å². The van der Waals surface area contributed by atoms with Gasteiger partial charge in [0.25, 0.3) is 0 Å². The minimum absolute atomic E-state index is 0.589. The molecule has 3 aromatic heterocycles. The number of hydrogen-bond donors (Lipinski definition) is 2. The van der Waals surface area contributed by atoms with Gasteiger partial charge >= 0.3 is 0 Å². The Morgan fingerprint density at radius 3 is 0.577 bits per heavy atom. The third kappa shape index (κ3) is 24.0. The lowest BCUT2D eigenvalue weighted by molar-refractivity contribution is 0.259. The molecule has 12 nitrogen and oxygen atoms in total. The molecule has 0 aliphatic carbocycles. The Kier molecular flexibility index (Phi) is 34.8. The van der Waals surface area contributed by atoms with Crippen LogP contribution < -0.4 is 37.9 Å². The number of ether oxygens (including phenoxy) is 8. The predicted molar refractivity (Wildman–Crippen MR) is 438 cm³/mol. The van der Waals surface area contributed by atoms with Crippen molar-refractivity contribution >= 4 is 46.4 Å². The molecule has 4 aromatic carbocycles. The maximum Gasteiger partial charge on any atom is 0.161 e. The topological polar surface area (TPSA) is 131 Å². The van der Waals surface area contributed by atoms with Crippen molar-refractivity contribution in [1.29, 1.82) is 0 Å². The minimum atomic E-state index is 0.589. The van der Waals surface area contributed by atoms with E-state index < -0.39 is 0 Å². The summed E-state index contributed by atoms with van der Waals surface area (Å²) in [7, 11) is 0. The van der Waals surface area contributed by atoms with E-state index in [-0.39, 0.29) is 0 Å². The number of benzene rings is 4. The molecule has 9 rings (SSSR count). The van der Waals surface area contributed by atoms with Gasteiger partial charge in [0.2, 0.25) is 0 Å². The molecule has 0 radical (unpaired) electrons. The molecular weight excluding hydrogens is 1290 g/mol. The van der Waals surface area contributed by atoms with E-state index in [1.165, 1.54) is 51.4 Å². The van der Waals surface area contributed by atoms with E-state index in [9.17, 15) is 0 Å². The predicted octanol–water partition coefficient (Wildman–Crippen LogP) is 27.0. The van der Waals surface area contributed by atoms with Crippen molar-refractivity contribution < 1.29 is 37.9 Å². The molecule has 2 N–H and O–H groups in total. The van der Waals surface area contributed by atoms with Gasteiger partial charge in [-0.05, 0) is 171 Å². The Hall–Kier alpha value is -8.12. The second-order valence-corrected chi connectivity index (χ2v) is 28.4. The first-order valence-corrected chi connectivity index (χ1v) is 41.1. The van der Waals surface area contributed by atoms with Gasteiger partial charge in [-0.3, -0.25) is 0 Å². The number of fused-ring (bicyclic) bond motifs is 8. The second-order valence-electron chi connectivity index (χ2n) is 28.4. The van der Waals surface area contributed by atoms with Crippen LogP contribution in [0.3, 0.4) is 0 Å². The largest absolute Gasteiger partial charge is 0.490 e. The normalized spacial score (nSPS) is 11.8. The van der Waals surface area contributed by atoms with Gasteiger partial charge in [-0.15, -0.1) is 0 Å². The summed E-state index contributed by atoms with van der Waals surface area (Å²) in [6.45, 7) is 22.8. The van der Waals surface area contributed by atoms with E-state index in [1.807, 2.05) is 0 Å². The van der Waals surface area contributed by atoms with Gasteiger partial charge in [0.1, 0.15) is 0 Å². The Morgan fingerprint density at radius 1 is 0.212 bits per heavy atom. The summed E-state index contributed by atoms with van der Waals surface area (Å²) in [6, 6.07) is 34.6. The summed E-state index contributed by atoms with van der Waals surface area (Å²) < 4.78 is 53.8. The van der Waals surface area contributed by atoms with Crippen LogP contribution >= 0.6 is 0 Å². The van der Waals surface area contributed by atoms with Gasteiger partial charge in [0, 0.05) is 44.3 Å². The molecule has 8 bridgehead atoms. The SMILES string of the molecule is CCCCCCOc1ccc(-c2c3nc(c(-c4ccc(OCCCCCC)c(OCCCCCC)c4)c4ccc([nH]4)c(-c4ccc(OCCCCCC)c(OCCCCCC)c4)c4nc(c(-c5ccc(OCCCCCC)c(OCCCCCC)c5)c5ccc2[nH]5)C=C4)C=C3)cc1OCCCCCC. The monoisotopic (exact) mass is 1410 g/mol. The lowest BCUT2D eigenvalue weighted by atomic mass is 10.0. The summed E-state index contributed by atoms with van der Waals surface area (Å²) >= 11 is 0. The van der Waals surface area contributed by atoms with E-state index in [0.29, 0.717) is 52.9 Å². The van der Waals surface area contributed by atoms with E-state index in [2.05, 4.69) is 187 Å². The molecule has 562 valence electrons. The van der Waals surface area contributed by atoms with Crippen LogP contribution in [0.4, 0.5) is 0 Å². The van der Waals surface area contributed by atoms with Crippen LogP contribution in [-0.4, -0.2) is 72.8 Å². The third-order valence-electron chi connectivity index (χ3n) is 19.7. The molecule has 0 amide bonds. The molecule has 7 aromatic rings. The molecule has 0 spiro atoms. The average Bonchev–Trinajstić information content (AvgIpc) is 1.59. The number of aromatic nitrogens is 4. The van der Waals surface area contributed by atoms with E-state index in [4.69, 9.17) is 47.9 Å². The van der Waals surface area contributed by atoms with Gasteiger partial charge in [-0.1, -0.05) is 234 Å². The summed E-state index contributed by atoms with van der Waals surface area (Å²) in [4.78, 5) is 19.7. The van der Waals surface area contributed by atoms with Crippen molar-refractivity contribution in [2.75, 3.05) is 52.9 Å². The molecule has 0 saturated carbocycles. The number of H-pyrrole nitrogens is 2. The van der Waals surface area contributed by atoms with Crippen molar-refractivity contribution in [3.63, 3.8) is 0 Å². The summed E-state index contributed by atoms with van der Waals surface area (Å²) in [5.41, 5.74) is 14.2. The number of unbranched alkanes of at least 4 members (excludes halogenated alkanes) is 24. The smallest absolute Gasteiger partial charge is 0.161 e. The zero-order chi connectivity index (χ0) is 72.8. The van der Waals surface area contributed by atoms with Crippen LogP contribution in [0.1, 0.15) is 284 Å². The summed E-state index contributed by atoms with van der Waals surface area (Å²) in [6.07, 6.45) is 44.0. The standard InChI is InChI=1S/C92H126N4O8/c1-9-17-25-33-57-97-81-53-41-69(65-85(81)101-61-37-29-21-13-5)89-73-45-47-75(93-73)90(70-42-54-82(98-58-34-26-18-10-2)86(66-70)102-62-38-30-22-14-6)77-49-51-79(95-77)92(72-44-56-84(100-60-36-28-20-12-4)88(68-72)104-64-40-32-24-16-8)80-52-50-78(96-80)91(76-48-46-74(89)94-76)71-43-55-83(99-59-35-27-19-11-3)87(67-71)103-63-39-31-23-15-7/h41-56,65-68,93,96H,9-40,57-64H2,1-8H3. The molecule has 2 aliphatic rings. The quantitative estimate of drug-likeness (QED) is 0.0355. The van der Waals surface area contributed by atoms with Crippen molar-refractivity contribution in [2.45, 2.75) is 261 Å². The first kappa shape index (κ1) is 80.0. The zero-order valence-electron chi connectivity index (χ0n) is 65.0. The molecule has 0 unspecified atom stereocenters.